The number of hydrogen-bond acceptors (Lipinski definition) is 6. The van der Waals surface area contributed by atoms with Gasteiger partial charge in [0.2, 0.25) is 10.0 Å². The van der Waals surface area contributed by atoms with Crippen molar-refractivity contribution < 1.29 is 27.1 Å². The lowest BCUT2D eigenvalue weighted by molar-refractivity contribution is 0.0963. The highest BCUT2D eigenvalue weighted by atomic mass is 32.2. The standard InChI is InChI=1S/C22H22N2O6S/c1-23-22(25)17-6-4-16(5-7-17)14-24(15-18-3-2-10-28-18)31(26,27)19-8-9-20-21(13-19)30-12-11-29-20/h2-10,13H,11-12,14-15H2,1H3,(H,23,25). The zero-order valence-corrected chi connectivity index (χ0v) is 17.7. The molecule has 0 unspecified atom stereocenters. The second kappa shape index (κ2) is 8.83. The number of rotatable bonds is 7. The molecule has 4 rings (SSSR count). The van der Waals surface area contributed by atoms with Crippen LogP contribution in [0.3, 0.4) is 0 Å². The van der Waals surface area contributed by atoms with Crippen LogP contribution in [0.25, 0.3) is 0 Å². The van der Waals surface area contributed by atoms with Crippen LogP contribution in [0.2, 0.25) is 0 Å². The van der Waals surface area contributed by atoms with Gasteiger partial charge in [-0.2, -0.15) is 4.31 Å². The van der Waals surface area contributed by atoms with Crippen LogP contribution in [-0.2, 0) is 23.1 Å². The lowest BCUT2D eigenvalue weighted by Crippen LogP contribution is -2.30. The molecule has 0 bridgehead atoms. The van der Waals surface area contributed by atoms with Crippen LogP contribution in [0.4, 0.5) is 0 Å². The third-order valence-corrected chi connectivity index (χ3v) is 6.65. The molecule has 0 atom stereocenters. The van der Waals surface area contributed by atoms with E-state index in [0.29, 0.717) is 36.0 Å². The first-order chi connectivity index (χ1) is 15.0. The number of sulfonamides is 1. The quantitative estimate of drug-likeness (QED) is 0.604. The van der Waals surface area contributed by atoms with Gasteiger partial charge in [0.05, 0.1) is 17.7 Å². The molecule has 2 aromatic carbocycles. The zero-order chi connectivity index (χ0) is 21.8. The van der Waals surface area contributed by atoms with Gasteiger partial charge in [-0.15, -0.1) is 0 Å². The van der Waals surface area contributed by atoms with Gasteiger partial charge < -0.3 is 19.2 Å². The molecule has 1 aromatic heterocycles. The lowest BCUT2D eigenvalue weighted by Gasteiger charge is -2.23. The maximum atomic E-state index is 13.5. The molecule has 162 valence electrons. The van der Waals surface area contributed by atoms with Crippen molar-refractivity contribution in [2.75, 3.05) is 20.3 Å². The number of carbonyl (C=O) groups excluding carboxylic acids is 1. The third-order valence-electron chi connectivity index (χ3n) is 4.87. The second-order valence-corrected chi connectivity index (χ2v) is 8.87. The fourth-order valence-electron chi connectivity index (χ4n) is 3.24. The molecule has 8 nitrogen and oxygen atoms in total. The van der Waals surface area contributed by atoms with Crippen LogP contribution >= 0.6 is 0 Å². The molecule has 0 saturated carbocycles. The Bertz CT molecular complexity index is 1160. The van der Waals surface area contributed by atoms with Gasteiger partial charge in [-0.1, -0.05) is 12.1 Å². The summed E-state index contributed by atoms with van der Waals surface area (Å²) in [5.74, 6) is 1.23. The number of furan rings is 1. The summed E-state index contributed by atoms with van der Waals surface area (Å²) in [5, 5.41) is 2.56. The van der Waals surface area contributed by atoms with E-state index in [0.717, 1.165) is 5.56 Å². The van der Waals surface area contributed by atoms with Crippen molar-refractivity contribution in [3.63, 3.8) is 0 Å². The third kappa shape index (κ3) is 4.57. The number of benzene rings is 2. The number of ether oxygens (including phenoxy) is 2. The van der Waals surface area contributed by atoms with Crippen molar-refractivity contribution in [3.05, 3.63) is 77.7 Å². The summed E-state index contributed by atoms with van der Waals surface area (Å²) in [6.07, 6.45) is 1.50. The van der Waals surface area contributed by atoms with Crippen molar-refractivity contribution in [2.45, 2.75) is 18.0 Å². The number of carbonyl (C=O) groups is 1. The van der Waals surface area contributed by atoms with Gasteiger partial charge in [-0.05, 0) is 42.0 Å². The predicted octanol–water partition coefficient (Wildman–Crippen LogP) is 2.80. The first-order valence-electron chi connectivity index (χ1n) is 9.70. The summed E-state index contributed by atoms with van der Waals surface area (Å²) >= 11 is 0. The summed E-state index contributed by atoms with van der Waals surface area (Å²) in [5.41, 5.74) is 1.24. The van der Waals surface area contributed by atoms with E-state index in [-0.39, 0.29) is 23.9 Å². The van der Waals surface area contributed by atoms with Crippen LogP contribution in [0.5, 0.6) is 11.5 Å². The van der Waals surface area contributed by atoms with Gasteiger partial charge in [0.1, 0.15) is 19.0 Å². The molecule has 1 N–H and O–H groups in total. The van der Waals surface area contributed by atoms with Crippen molar-refractivity contribution >= 4 is 15.9 Å². The fraction of sp³-hybridized carbons (Fsp3) is 0.227. The van der Waals surface area contributed by atoms with E-state index in [2.05, 4.69) is 5.32 Å². The average molecular weight is 442 g/mol. The summed E-state index contributed by atoms with van der Waals surface area (Å²) in [6.45, 7) is 0.951. The van der Waals surface area contributed by atoms with Crippen LogP contribution in [0.15, 0.2) is 70.2 Å². The molecule has 9 heteroatoms. The van der Waals surface area contributed by atoms with E-state index in [1.807, 2.05) is 0 Å². The highest BCUT2D eigenvalue weighted by Crippen LogP contribution is 2.33. The normalized spacial score (nSPS) is 13.2. The van der Waals surface area contributed by atoms with Gasteiger partial charge in [0, 0.05) is 25.2 Å². The highest BCUT2D eigenvalue weighted by molar-refractivity contribution is 7.89. The molecule has 0 aliphatic carbocycles. The number of fused-ring (bicyclic) bond motifs is 1. The smallest absolute Gasteiger partial charge is 0.251 e. The van der Waals surface area contributed by atoms with Crippen molar-refractivity contribution in [2.24, 2.45) is 0 Å². The van der Waals surface area contributed by atoms with E-state index in [1.165, 1.54) is 22.7 Å². The van der Waals surface area contributed by atoms with Crippen LogP contribution in [-0.4, -0.2) is 38.9 Å². The van der Waals surface area contributed by atoms with Crippen molar-refractivity contribution in [1.29, 1.82) is 0 Å². The Hall–Kier alpha value is -3.30. The minimum atomic E-state index is -3.88. The summed E-state index contributed by atoms with van der Waals surface area (Å²) in [7, 11) is -2.32. The lowest BCUT2D eigenvalue weighted by atomic mass is 10.1. The van der Waals surface area contributed by atoms with E-state index in [9.17, 15) is 13.2 Å². The molecule has 0 saturated heterocycles. The average Bonchev–Trinajstić information content (AvgIpc) is 3.31. The number of hydrogen-bond donors (Lipinski definition) is 1. The zero-order valence-electron chi connectivity index (χ0n) is 16.9. The molecule has 31 heavy (non-hydrogen) atoms. The highest BCUT2D eigenvalue weighted by Gasteiger charge is 2.28. The molecular weight excluding hydrogens is 420 g/mol. The Kier molecular flexibility index (Phi) is 5.97. The molecule has 3 aromatic rings. The summed E-state index contributed by atoms with van der Waals surface area (Å²) in [4.78, 5) is 11.9. The maximum absolute atomic E-state index is 13.5. The number of nitrogens with zero attached hydrogens (tertiary/aromatic N) is 1. The Morgan fingerprint density at radius 2 is 1.74 bits per heavy atom. The van der Waals surface area contributed by atoms with E-state index in [4.69, 9.17) is 13.9 Å². The molecule has 0 radical (unpaired) electrons. The Morgan fingerprint density at radius 1 is 1.00 bits per heavy atom. The van der Waals surface area contributed by atoms with Crippen LogP contribution in [0.1, 0.15) is 21.7 Å². The minimum absolute atomic E-state index is 0.0565. The summed E-state index contributed by atoms with van der Waals surface area (Å²) < 4.78 is 44.7. The minimum Gasteiger partial charge on any atom is -0.486 e. The van der Waals surface area contributed by atoms with Gasteiger partial charge in [0.15, 0.2) is 11.5 Å². The molecule has 0 spiro atoms. The number of amides is 1. The Balaban J connectivity index is 1.65. The largest absolute Gasteiger partial charge is 0.486 e. The van der Waals surface area contributed by atoms with Crippen LogP contribution in [0, 0.1) is 0 Å². The van der Waals surface area contributed by atoms with Crippen LogP contribution < -0.4 is 14.8 Å². The molecule has 2 heterocycles. The maximum Gasteiger partial charge on any atom is 0.251 e. The van der Waals surface area contributed by atoms with E-state index in [1.54, 1.807) is 49.5 Å². The van der Waals surface area contributed by atoms with E-state index >= 15 is 0 Å². The molecule has 0 fully saturated rings. The molecule has 1 aliphatic rings. The monoisotopic (exact) mass is 442 g/mol. The SMILES string of the molecule is CNC(=O)c1ccc(CN(Cc2ccco2)S(=O)(=O)c2ccc3c(c2)OCCO3)cc1. The molecule has 1 amide bonds. The molecular formula is C22H22N2O6S. The fourth-order valence-corrected chi connectivity index (χ4v) is 4.66. The van der Waals surface area contributed by atoms with Gasteiger partial charge in [-0.25, -0.2) is 8.42 Å². The summed E-state index contributed by atoms with van der Waals surface area (Å²) in [6, 6.07) is 14.8. The predicted molar refractivity (Wildman–Crippen MR) is 112 cm³/mol. The van der Waals surface area contributed by atoms with E-state index < -0.39 is 10.0 Å². The first kappa shape index (κ1) is 21.0. The first-order valence-corrected chi connectivity index (χ1v) is 11.1. The van der Waals surface area contributed by atoms with Gasteiger partial charge in [0.25, 0.3) is 5.91 Å². The second-order valence-electron chi connectivity index (χ2n) is 6.93. The Labute approximate surface area is 180 Å². The molecule has 1 aliphatic heterocycles. The Morgan fingerprint density at radius 3 is 2.42 bits per heavy atom. The van der Waals surface area contributed by atoms with Gasteiger partial charge in [-0.3, -0.25) is 4.79 Å². The van der Waals surface area contributed by atoms with Crippen molar-refractivity contribution in [3.8, 4) is 11.5 Å². The van der Waals surface area contributed by atoms with Gasteiger partial charge >= 0.3 is 0 Å². The van der Waals surface area contributed by atoms with Crippen molar-refractivity contribution in [1.82, 2.24) is 9.62 Å². The number of nitrogens with one attached hydrogen (secondary N) is 1. The topological polar surface area (TPSA) is 98.1 Å².